The van der Waals surface area contributed by atoms with Crippen LogP contribution in [0.25, 0.3) is 11.1 Å². The predicted molar refractivity (Wildman–Crippen MR) is 85.0 cm³/mol. The third-order valence-corrected chi connectivity index (χ3v) is 3.99. The van der Waals surface area contributed by atoms with Gasteiger partial charge < -0.3 is 15.3 Å². The van der Waals surface area contributed by atoms with Gasteiger partial charge in [0.15, 0.2) is 11.5 Å². The van der Waals surface area contributed by atoms with Crippen molar-refractivity contribution in [2.24, 2.45) is 0 Å². The molecule has 0 aliphatic heterocycles. The average Bonchev–Trinajstić information content (AvgIpc) is 2.50. The van der Waals surface area contributed by atoms with Gasteiger partial charge in [-0.3, -0.25) is 0 Å². The first-order valence-electron chi connectivity index (χ1n) is 7.42. The summed E-state index contributed by atoms with van der Waals surface area (Å²) < 4.78 is 0. The predicted octanol–water partition coefficient (Wildman–Crippen LogP) is 4.16. The molecule has 2 aromatic rings. The number of hydrogen-bond acceptors (Lipinski definition) is 3. The van der Waals surface area contributed by atoms with E-state index in [0.29, 0.717) is 17.5 Å². The number of rotatable bonds is 4. The van der Waals surface area contributed by atoms with Gasteiger partial charge in [0, 0.05) is 0 Å². The summed E-state index contributed by atoms with van der Waals surface area (Å²) in [7, 11) is 0. The van der Waals surface area contributed by atoms with Crippen LogP contribution < -0.4 is 0 Å². The Labute approximate surface area is 125 Å². The fraction of sp³-hybridized carbons (Fsp3) is 0.333. The van der Waals surface area contributed by atoms with Crippen LogP contribution in [0, 0.1) is 0 Å². The molecule has 0 atom stereocenters. The maximum atomic E-state index is 10.5. The van der Waals surface area contributed by atoms with Crippen LogP contribution in [0.1, 0.15) is 37.5 Å². The van der Waals surface area contributed by atoms with Crippen LogP contribution in [0.2, 0.25) is 0 Å². The third kappa shape index (κ3) is 2.56. The first-order chi connectivity index (χ1) is 10.0. The summed E-state index contributed by atoms with van der Waals surface area (Å²) in [6, 6.07) is 7.27. The van der Waals surface area contributed by atoms with Crippen molar-refractivity contribution in [2.75, 3.05) is 0 Å². The van der Waals surface area contributed by atoms with Gasteiger partial charge in [0.2, 0.25) is 0 Å². The van der Waals surface area contributed by atoms with Crippen LogP contribution in [0.15, 0.2) is 24.3 Å². The van der Waals surface area contributed by atoms with Gasteiger partial charge in [-0.25, -0.2) is 0 Å². The van der Waals surface area contributed by atoms with Crippen LogP contribution in [-0.2, 0) is 19.3 Å². The van der Waals surface area contributed by atoms with Gasteiger partial charge in [0.25, 0.3) is 0 Å². The zero-order chi connectivity index (χ0) is 15.6. The van der Waals surface area contributed by atoms with E-state index in [1.54, 1.807) is 0 Å². The Kier molecular flexibility index (Phi) is 4.41. The maximum Gasteiger partial charge on any atom is 0.169 e. The van der Waals surface area contributed by atoms with Crippen LogP contribution >= 0.6 is 0 Å². The minimum Gasteiger partial charge on any atom is -0.507 e. The number of hydrogen-bond donors (Lipinski definition) is 3. The topological polar surface area (TPSA) is 60.7 Å². The minimum atomic E-state index is -0.257. The highest BCUT2D eigenvalue weighted by molar-refractivity contribution is 5.83. The lowest BCUT2D eigenvalue weighted by Gasteiger charge is -2.17. The number of phenols is 3. The SMILES string of the molecule is CCc1cc(O)c(O)c(-c2cccc(CC)c2CC)c1O. The summed E-state index contributed by atoms with van der Waals surface area (Å²) in [5.74, 6) is -0.396. The van der Waals surface area contributed by atoms with Crippen molar-refractivity contribution in [1.29, 1.82) is 0 Å². The van der Waals surface area contributed by atoms with E-state index in [2.05, 4.69) is 19.9 Å². The Hall–Kier alpha value is -2.16. The zero-order valence-corrected chi connectivity index (χ0v) is 12.8. The lowest BCUT2D eigenvalue weighted by atomic mass is 9.90. The average molecular weight is 286 g/mol. The molecule has 0 aliphatic carbocycles. The van der Waals surface area contributed by atoms with Crippen LogP contribution in [-0.4, -0.2) is 15.3 Å². The first-order valence-corrected chi connectivity index (χ1v) is 7.42. The lowest BCUT2D eigenvalue weighted by Crippen LogP contribution is -1.97. The molecule has 112 valence electrons. The lowest BCUT2D eigenvalue weighted by molar-refractivity contribution is 0.397. The van der Waals surface area contributed by atoms with Gasteiger partial charge >= 0.3 is 0 Å². The largest absolute Gasteiger partial charge is 0.507 e. The van der Waals surface area contributed by atoms with Gasteiger partial charge in [-0.1, -0.05) is 39.0 Å². The molecule has 3 N–H and O–H groups in total. The van der Waals surface area contributed by atoms with E-state index in [9.17, 15) is 15.3 Å². The van der Waals surface area contributed by atoms with Gasteiger partial charge in [-0.15, -0.1) is 0 Å². The van der Waals surface area contributed by atoms with Gasteiger partial charge in [-0.2, -0.15) is 0 Å². The van der Waals surface area contributed by atoms with Crippen molar-refractivity contribution in [1.82, 2.24) is 0 Å². The fourth-order valence-electron chi connectivity index (χ4n) is 2.84. The Bertz CT molecular complexity index is 660. The summed E-state index contributed by atoms with van der Waals surface area (Å²) >= 11 is 0. The molecule has 3 heteroatoms. The van der Waals surface area contributed by atoms with E-state index in [0.717, 1.165) is 24.0 Å². The number of aromatic hydroxyl groups is 3. The standard InChI is InChI=1S/C18H22O3/c1-4-11-8-7-9-14(13(11)6-3)16-17(20)12(5-2)10-15(19)18(16)21/h7-10,19-21H,4-6H2,1-3H3. The summed E-state index contributed by atoms with van der Waals surface area (Å²) in [5, 5.41) is 30.6. The molecule has 0 amide bonds. The normalized spacial score (nSPS) is 10.8. The molecule has 0 radical (unpaired) electrons. The second-order valence-electron chi connectivity index (χ2n) is 5.13. The molecule has 0 heterocycles. The molecule has 0 bridgehead atoms. The molecule has 0 unspecified atom stereocenters. The molecule has 2 aromatic carbocycles. The Balaban J connectivity index is 2.81. The first kappa shape index (κ1) is 15.2. The number of benzene rings is 2. The quantitative estimate of drug-likeness (QED) is 0.584. The van der Waals surface area contributed by atoms with E-state index in [4.69, 9.17) is 0 Å². The highest BCUT2D eigenvalue weighted by Crippen LogP contribution is 2.46. The molecule has 0 saturated heterocycles. The molecule has 3 nitrogen and oxygen atoms in total. The van der Waals surface area contributed by atoms with Crippen LogP contribution in [0.4, 0.5) is 0 Å². The molecule has 0 fully saturated rings. The Morgan fingerprint density at radius 1 is 0.810 bits per heavy atom. The Morgan fingerprint density at radius 3 is 2.05 bits per heavy atom. The van der Waals surface area contributed by atoms with Crippen molar-refractivity contribution >= 4 is 0 Å². The van der Waals surface area contributed by atoms with Gasteiger partial charge in [-0.05, 0) is 47.6 Å². The molecule has 0 aliphatic rings. The summed E-state index contributed by atoms with van der Waals surface area (Å²) in [6.07, 6.45) is 2.27. The molecule has 0 aromatic heterocycles. The van der Waals surface area contributed by atoms with Crippen molar-refractivity contribution in [3.05, 3.63) is 41.0 Å². The highest BCUT2D eigenvalue weighted by Gasteiger charge is 2.20. The number of phenolic OH excluding ortho intramolecular Hbond substituents is 3. The third-order valence-electron chi connectivity index (χ3n) is 3.99. The Morgan fingerprint density at radius 2 is 1.48 bits per heavy atom. The smallest absolute Gasteiger partial charge is 0.169 e. The fourth-order valence-corrected chi connectivity index (χ4v) is 2.84. The van der Waals surface area contributed by atoms with Crippen LogP contribution in [0.5, 0.6) is 17.2 Å². The van der Waals surface area contributed by atoms with Gasteiger partial charge in [0.1, 0.15) is 5.75 Å². The van der Waals surface area contributed by atoms with E-state index in [1.165, 1.54) is 11.6 Å². The van der Waals surface area contributed by atoms with E-state index in [-0.39, 0.29) is 17.2 Å². The molecule has 21 heavy (non-hydrogen) atoms. The number of aryl methyl sites for hydroxylation is 2. The molecular weight excluding hydrogens is 264 g/mol. The molecule has 0 saturated carbocycles. The van der Waals surface area contributed by atoms with E-state index >= 15 is 0 Å². The van der Waals surface area contributed by atoms with Crippen molar-refractivity contribution in [3.8, 4) is 28.4 Å². The van der Waals surface area contributed by atoms with Crippen molar-refractivity contribution in [3.63, 3.8) is 0 Å². The van der Waals surface area contributed by atoms with E-state index in [1.807, 2.05) is 19.1 Å². The van der Waals surface area contributed by atoms with E-state index < -0.39 is 0 Å². The summed E-state index contributed by atoms with van der Waals surface area (Å²) in [5.41, 5.74) is 4.04. The second-order valence-corrected chi connectivity index (χ2v) is 5.13. The van der Waals surface area contributed by atoms with Gasteiger partial charge in [0.05, 0.1) is 5.56 Å². The minimum absolute atomic E-state index is 0.0516. The van der Waals surface area contributed by atoms with Crippen molar-refractivity contribution < 1.29 is 15.3 Å². The molecule has 0 spiro atoms. The van der Waals surface area contributed by atoms with Crippen molar-refractivity contribution in [2.45, 2.75) is 40.0 Å². The summed E-state index contributed by atoms with van der Waals surface area (Å²) in [6.45, 7) is 6.03. The monoisotopic (exact) mass is 286 g/mol. The van der Waals surface area contributed by atoms with Crippen LogP contribution in [0.3, 0.4) is 0 Å². The maximum absolute atomic E-state index is 10.5. The zero-order valence-electron chi connectivity index (χ0n) is 12.8. The molecule has 2 rings (SSSR count). The molecular formula is C18H22O3. The second kappa shape index (κ2) is 6.08. The summed E-state index contributed by atoms with van der Waals surface area (Å²) in [4.78, 5) is 0. The highest BCUT2D eigenvalue weighted by atomic mass is 16.3.